The number of fused-ring (bicyclic) bond motifs is 1. The van der Waals surface area contributed by atoms with Gasteiger partial charge in [-0.2, -0.15) is 13.2 Å². The van der Waals surface area contributed by atoms with Crippen LogP contribution in [0.25, 0.3) is 0 Å². The minimum Gasteiger partial charge on any atom is -0.464 e. The first-order valence-electron chi connectivity index (χ1n) is 12.5. The van der Waals surface area contributed by atoms with Gasteiger partial charge in [0.2, 0.25) is 5.95 Å². The number of carbonyl (C=O) groups is 2. The SMILES string of the molecule is COC(=O)c1cc(C(=O)N2CC[C@@H](N3Cc4cnc(Nc5ccc(C(F)(F)F)cc5)nc4C3)C[C@H]2C)ccn1. The Morgan fingerprint density at radius 1 is 1.10 bits per heavy atom. The highest BCUT2D eigenvalue weighted by molar-refractivity contribution is 5.97. The van der Waals surface area contributed by atoms with Crippen molar-refractivity contribution in [3.63, 3.8) is 0 Å². The van der Waals surface area contributed by atoms with Gasteiger partial charge in [0, 0.05) is 60.9 Å². The summed E-state index contributed by atoms with van der Waals surface area (Å²) in [5.41, 5.74) is 2.12. The molecule has 1 fully saturated rings. The number of piperidine rings is 1. The molecule has 1 aromatic carbocycles. The molecule has 3 aromatic rings. The molecule has 2 atom stereocenters. The normalized spacial score (nSPS) is 19.5. The second-order valence-electron chi connectivity index (χ2n) is 9.72. The first-order valence-corrected chi connectivity index (χ1v) is 12.5. The molecule has 2 aliphatic heterocycles. The van der Waals surface area contributed by atoms with Gasteiger partial charge in [0.1, 0.15) is 5.69 Å². The molecule has 12 heteroatoms. The third-order valence-corrected chi connectivity index (χ3v) is 7.18. The van der Waals surface area contributed by atoms with Crippen molar-refractivity contribution in [1.29, 1.82) is 0 Å². The lowest BCUT2D eigenvalue weighted by atomic mass is 9.96. The minimum absolute atomic E-state index is 0.0160. The molecule has 9 nitrogen and oxygen atoms in total. The van der Waals surface area contributed by atoms with Crippen LogP contribution >= 0.6 is 0 Å². The predicted molar refractivity (Wildman–Crippen MR) is 135 cm³/mol. The number of nitrogens with one attached hydrogen (secondary N) is 1. The topological polar surface area (TPSA) is 101 Å². The smallest absolute Gasteiger partial charge is 0.416 e. The molecule has 204 valence electrons. The Kier molecular flexibility index (Phi) is 7.21. The number of pyridine rings is 1. The van der Waals surface area contributed by atoms with Crippen molar-refractivity contribution in [3.8, 4) is 0 Å². The number of likely N-dealkylation sites (tertiary alicyclic amines) is 1. The quantitative estimate of drug-likeness (QED) is 0.475. The van der Waals surface area contributed by atoms with Crippen LogP contribution in [0.4, 0.5) is 24.8 Å². The zero-order valence-electron chi connectivity index (χ0n) is 21.4. The van der Waals surface area contributed by atoms with Crippen molar-refractivity contribution in [1.82, 2.24) is 24.8 Å². The average Bonchev–Trinajstić information content (AvgIpc) is 3.35. The van der Waals surface area contributed by atoms with E-state index in [9.17, 15) is 22.8 Å². The van der Waals surface area contributed by atoms with E-state index in [-0.39, 0.29) is 23.7 Å². The lowest BCUT2D eigenvalue weighted by molar-refractivity contribution is -0.137. The van der Waals surface area contributed by atoms with E-state index >= 15 is 0 Å². The second-order valence-corrected chi connectivity index (χ2v) is 9.72. The molecular formula is C27H27F3N6O3. The van der Waals surface area contributed by atoms with Gasteiger partial charge in [-0.1, -0.05) is 0 Å². The van der Waals surface area contributed by atoms with E-state index < -0.39 is 17.7 Å². The summed E-state index contributed by atoms with van der Waals surface area (Å²) in [6, 6.07) is 8.02. The zero-order valence-corrected chi connectivity index (χ0v) is 21.4. The molecule has 1 amide bonds. The molecule has 4 heterocycles. The highest BCUT2D eigenvalue weighted by Gasteiger charge is 2.35. The highest BCUT2D eigenvalue weighted by atomic mass is 19.4. The van der Waals surface area contributed by atoms with E-state index in [0.717, 1.165) is 36.2 Å². The summed E-state index contributed by atoms with van der Waals surface area (Å²) in [6.45, 7) is 3.90. The molecule has 0 spiro atoms. The molecule has 2 aromatic heterocycles. The Morgan fingerprint density at radius 3 is 2.56 bits per heavy atom. The van der Waals surface area contributed by atoms with Crippen LogP contribution in [0.1, 0.15) is 57.4 Å². The lowest BCUT2D eigenvalue weighted by Crippen LogP contribution is -2.50. The van der Waals surface area contributed by atoms with Gasteiger partial charge in [-0.15, -0.1) is 0 Å². The number of ether oxygens (including phenoxy) is 1. The standard InChI is InChI=1S/C27H27F3N6O3/c1-16-11-21(8-10-36(16)24(37)17-7-9-31-22(12-17)25(38)39-2)35-14-18-13-32-26(34-23(18)15-35)33-20-5-3-19(4-6-20)27(28,29)30/h3-7,9,12-13,16,21H,8,10-11,14-15H2,1-2H3,(H,32,33,34)/t16-,21-/m1/s1. The molecule has 1 saturated heterocycles. The maximum absolute atomic E-state index is 13.2. The Morgan fingerprint density at radius 2 is 1.87 bits per heavy atom. The summed E-state index contributed by atoms with van der Waals surface area (Å²) < 4.78 is 43.2. The lowest BCUT2D eigenvalue weighted by Gasteiger charge is -2.41. The zero-order chi connectivity index (χ0) is 27.7. The number of hydrogen-bond donors (Lipinski definition) is 1. The number of alkyl halides is 3. The molecule has 5 rings (SSSR count). The van der Waals surface area contributed by atoms with Gasteiger partial charge in [-0.05, 0) is 56.2 Å². The van der Waals surface area contributed by atoms with Gasteiger partial charge in [-0.25, -0.2) is 19.7 Å². The molecule has 0 bridgehead atoms. The second kappa shape index (κ2) is 10.6. The Hall–Kier alpha value is -4.06. The summed E-state index contributed by atoms with van der Waals surface area (Å²) in [6.07, 6.45) is 0.348. The number of esters is 1. The van der Waals surface area contributed by atoms with Crippen LogP contribution in [-0.2, 0) is 24.0 Å². The Balaban J connectivity index is 1.20. The largest absolute Gasteiger partial charge is 0.464 e. The number of aromatic nitrogens is 3. The fourth-order valence-electron chi connectivity index (χ4n) is 5.09. The summed E-state index contributed by atoms with van der Waals surface area (Å²) >= 11 is 0. The van der Waals surface area contributed by atoms with Crippen LogP contribution in [0.2, 0.25) is 0 Å². The first kappa shape index (κ1) is 26.5. The van der Waals surface area contributed by atoms with E-state index in [1.807, 2.05) is 11.8 Å². The fourth-order valence-corrected chi connectivity index (χ4v) is 5.09. The first-order chi connectivity index (χ1) is 18.6. The summed E-state index contributed by atoms with van der Waals surface area (Å²) in [5.74, 6) is -0.415. The van der Waals surface area contributed by atoms with Crippen molar-refractivity contribution in [2.45, 2.75) is 51.1 Å². The molecular weight excluding hydrogens is 513 g/mol. The van der Waals surface area contributed by atoms with Gasteiger partial charge in [0.15, 0.2) is 0 Å². The Bertz CT molecular complexity index is 1380. The van der Waals surface area contributed by atoms with Crippen LogP contribution in [0.3, 0.4) is 0 Å². The summed E-state index contributed by atoms with van der Waals surface area (Å²) in [7, 11) is 1.27. The van der Waals surface area contributed by atoms with E-state index in [1.54, 1.807) is 12.3 Å². The number of anilines is 2. The number of carbonyl (C=O) groups excluding carboxylic acids is 2. The van der Waals surface area contributed by atoms with Gasteiger partial charge >= 0.3 is 12.1 Å². The number of hydrogen-bond acceptors (Lipinski definition) is 8. The highest BCUT2D eigenvalue weighted by Crippen LogP contribution is 2.32. The number of methoxy groups -OCH3 is 1. The number of nitrogens with zero attached hydrogens (tertiary/aromatic N) is 5. The van der Waals surface area contributed by atoms with E-state index in [4.69, 9.17) is 4.74 Å². The molecule has 0 radical (unpaired) electrons. The van der Waals surface area contributed by atoms with Gasteiger partial charge < -0.3 is 15.0 Å². The summed E-state index contributed by atoms with van der Waals surface area (Å²) in [4.78, 5) is 42.1. The molecule has 0 saturated carbocycles. The average molecular weight is 541 g/mol. The predicted octanol–water partition coefficient (Wildman–Crippen LogP) is 4.43. The fraction of sp³-hybridized carbons (Fsp3) is 0.370. The molecule has 1 N–H and O–H groups in total. The monoisotopic (exact) mass is 540 g/mol. The van der Waals surface area contributed by atoms with Crippen LogP contribution in [0, 0.1) is 0 Å². The van der Waals surface area contributed by atoms with Gasteiger partial charge in [0.05, 0.1) is 18.4 Å². The van der Waals surface area contributed by atoms with Crippen molar-refractivity contribution >= 4 is 23.5 Å². The number of benzene rings is 1. The maximum Gasteiger partial charge on any atom is 0.416 e. The van der Waals surface area contributed by atoms with Gasteiger partial charge in [-0.3, -0.25) is 9.69 Å². The van der Waals surface area contributed by atoms with Crippen molar-refractivity contribution in [2.75, 3.05) is 19.0 Å². The molecule has 0 aliphatic carbocycles. The number of rotatable bonds is 5. The van der Waals surface area contributed by atoms with Crippen LogP contribution < -0.4 is 5.32 Å². The third kappa shape index (κ3) is 5.70. The molecule has 0 unspecified atom stereocenters. The van der Waals surface area contributed by atoms with Crippen LogP contribution in [0.5, 0.6) is 0 Å². The molecule has 39 heavy (non-hydrogen) atoms. The van der Waals surface area contributed by atoms with E-state index in [1.165, 1.54) is 31.5 Å². The van der Waals surface area contributed by atoms with E-state index in [0.29, 0.717) is 36.8 Å². The maximum atomic E-state index is 13.2. The molecule has 2 aliphatic rings. The van der Waals surface area contributed by atoms with Crippen LogP contribution in [-0.4, -0.2) is 62.4 Å². The number of halogens is 3. The van der Waals surface area contributed by atoms with Crippen molar-refractivity contribution in [3.05, 3.63) is 76.9 Å². The summed E-state index contributed by atoms with van der Waals surface area (Å²) in [5, 5.41) is 2.98. The Labute approximate surface area is 223 Å². The van der Waals surface area contributed by atoms with Crippen molar-refractivity contribution < 1.29 is 27.5 Å². The van der Waals surface area contributed by atoms with Gasteiger partial charge in [0.25, 0.3) is 5.91 Å². The minimum atomic E-state index is -4.39. The van der Waals surface area contributed by atoms with E-state index in [2.05, 4.69) is 25.2 Å². The third-order valence-electron chi connectivity index (χ3n) is 7.18. The number of amides is 1. The van der Waals surface area contributed by atoms with Crippen molar-refractivity contribution in [2.24, 2.45) is 0 Å². The van der Waals surface area contributed by atoms with Crippen LogP contribution in [0.15, 0.2) is 48.8 Å².